The van der Waals surface area contributed by atoms with Crippen molar-refractivity contribution in [2.75, 3.05) is 26.4 Å². The summed E-state index contributed by atoms with van der Waals surface area (Å²) >= 11 is 0. The molecule has 0 aromatic heterocycles. The van der Waals surface area contributed by atoms with E-state index in [9.17, 15) is 24.2 Å². The Labute approximate surface area is 357 Å². The summed E-state index contributed by atoms with van der Waals surface area (Å²) in [7, 11) is -4.45. The van der Waals surface area contributed by atoms with Gasteiger partial charge in [0.2, 0.25) is 5.91 Å². The molecule has 0 aromatic rings. The molecule has 2 atom stereocenters. The summed E-state index contributed by atoms with van der Waals surface area (Å²) in [5, 5.41) is 12.7. The van der Waals surface area contributed by atoms with Crippen molar-refractivity contribution in [1.29, 1.82) is 0 Å². The quantitative estimate of drug-likeness (QED) is 0.0242. The molecule has 0 rings (SSSR count). The summed E-state index contributed by atoms with van der Waals surface area (Å²) in [5.74, 6) is -0.635. The van der Waals surface area contributed by atoms with Crippen molar-refractivity contribution in [3.8, 4) is 0 Å². The highest BCUT2D eigenvalue weighted by molar-refractivity contribution is 7.47. The summed E-state index contributed by atoms with van der Waals surface area (Å²) < 4.78 is 26.8. The normalized spacial score (nSPS) is 14.6. The fraction of sp³-hybridized carbons (Fsp3) is 0.510. The zero-order valence-corrected chi connectivity index (χ0v) is 37.0. The van der Waals surface area contributed by atoms with Crippen LogP contribution in [0.3, 0.4) is 0 Å². The SMILES string of the molecule is CC/C=C\C/C=C\C/C=C\C/C=C\C/C=C\C/C=C\CCCCC(=O)OCC(O)COP(=O)(O)OCCNC(=O)CCC/C=C\C/C=C\C/C=C\C/C=C\C/C=C\CC. The number of aliphatic hydroxyl groups is 1. The van der Waals surface area contributed by atoms with Crippen molar-refractivity contribution < 1.29 is 37.9 Å². The van der Waals surface area contributed by atoms with Gasteiger partial charge < -0.3 is 20.1 Å². The van der Waals surface area contributed by atoms with Gasteiger partial charge in [0.1, 0.15) is 12.7 Å². The van der Waals surface area contributed by atoms with Gasteiger partial charge in [-0.05, 0) is 103 Å². The lowest BCUT2D eigenvalue weighted by Gasteiger charge is -2.15. The number of allylic oxidation sites excluding steroid dienone is 22. The zero-order chi connectivity index (χ0) is 43.2. The molecule has 1 amide bonds. The Kier molecular flexibility index (Phi) is 40.9. The van der Waals surface area contributed by atoms with Crippen LogP contribution in [0.4, 0.5) is 0 Å². The Morgan fingerprint density at radius 2 is 0.915 bits per heavy atom. The largest absolute Gasteiger partial charge is 0.472 e. The second-order valence-corrected chi connectivity index (χ2v) is 15.0. The fourth-order valence-corrected chi connectivity index (χ4v) is 5.64. The summed E-state index contributed by atoms with van der Waals surface area (Å²) in [4.78, 5) is 33.9. The van der Waals surface area contributed by atoms with Crippen LogP contribution >= 0.6 is 7.82 Å². The predicted octanol–water partition coefficient (Wildman–Crippen LogP) is 12.3. The van der Waals surface area contributed by atoms with E-state index in [2.05, 4.69) is 153 Å². The van der Waals surface area contributed by atoms with Gasteiger partial charge in [-0.3, -0.25) is 18.6 Å². The van der Waals surface area contributed by atoms with Gasteiger partial charge >= 0.3 is 13.8 Å². The summed E-state index contributed by atoms with van der Waals surface area (Å²) in [6.45, 7) is 3.16. The first-order valence-corrected chi connectivity index (χ1v) is 23.2. The highest BCUT2D eigenvalue weighted by Crippen LogP contribution is 2.42. The van der Waals surface area contributed by atoms with E-state index in [0.29, 0.717) is 19.3 Å². The predicted molar refractivity (Wildman–Crippen MR) is 247 cm³/mol. The van der Waals surface area contributed by atoms with E-state index in [1.807, 2.05) is 0 Å². The lowest BCUT2D eigenvalue weighted by atomic mass is 10.2. The molecular weight excluding hydrogens is 762 g/mol. The van der Waals surface area contributed by atoms with Crippen LogP contribution < -0.4 is 5.32 Å². The zero-order valence-electron chi connectivity index (χ0n) is 36.1. The van der Waals surface area contributed by atoms with Crippen LogP contribution in [0, 0.1) is 0 Å². The minimum absolute atomic E-state index is 0.0364. The third kappa shape index (κ3) is 45.1. The molecule has 3 N–H and O–H groups in total. The van der Waals surface area contributed by atoms with Gasteiger partial charge in [0.05, 0.1) is 13.2 Å². The molecule has 0 heterocycles. The number of phosphoric ester groups is 1. The van der Waals surface area contributed by atoms with E-state index in [1.54, 1.807) is 0 Å². The Bertz CT molecular complexity index is 1420. The van der Waals surface area contributed by atoms with Crippen molar-refractivity contribution >= 4 is 19.7 Å². The average molecular weight is 838 g/mol. The van der Waals surface area contributed by atoms with Crippen LogP contribution in [-0.4, -0.2) is 54.3 Å². The standard InChI is InChI=1S/C49H76NO8P/c1-3-5-7-9-11-13-15-17-19-21-22-23-24-26-28-30-32-34-36-38-40-42-49(53)56-45-47(51)46-58-59(54,55)57-44-43-50-48(52)41-39-37-35-33-31-29-27-25-20-18-16-14-12-10-8-6-4-2/h5-8,11-14,17-20,22-23,26-29,32-35,47,51H,3-4,9-10,15-16,21,24-25,30-31,36-46H2,1-2H3,(H,50,52)(H,54,55)/b7-5-,8-6-,13-11-,14-12-,19-17-,20-18-,23-22-,28-26-,29-27-,34-32-,35-33-. The molecule has 0 bridgehead atoms. The van der Waals surface area contributed by atoms with Crippen molar-refractivity contribution in [3.63, 3.8) is 0 Å². The molecule has 0 aliphatic carbocycles. The molecule has 59 heavy (non-hydrogen) atoms. The third-order valence-electron chi connectivity index (χ3n) is 8.08. The van der Waals surface area contributed by atoms with Gasteiger partial charge in [0.15, 0.2) is 0 Å². The number of amides is 1. The first-order chi connectivity index (χ1) is 28.8. The van der Waals surface area contributed by atoms with Crippen molar-refractivity contribution in [2.45, 2.75) is 136 Å². The summed E-state index contributed by atoms with van der Waals surface area (Å²) in [6, 6.07) is 0. The molecule has 10 heteroatoms. The van der Waals surface area contributed by atoms with E-state index < -0.39 is 26.5 Å². The molecular formula is C49H76NO8P. The van der Waals surface area contributed by atoms with Crippen LogP contribution in [0.5, 0.6) is 0 Å². The number of esters is 1. The fourth-order valence-electron chi connectivity index (χ4n) is 4.89. The number of unbranched alkanes of at least 4 members (excludes halogenated alkanes) is 3. The molecule has 0 aromatic carbocycles. The second-order valence-electron chi connectivity index (χ2n) is 13.5. The topological polar surface area (TPSA) is 131 Å². The van der Waals surface area contributed by atoms with E-state index in [1.165, 1.54) is 0 Å². The highest BCUT2D eigenvalue weighted by atomic mass is 31.2. The van der Waals surface area contributed by atoms with Gasteiger partial charge in [-0.1, -0.05) is 148 Å². The molecule has 0 saturated heterocycles. The lowest BCUT2D eigenvalue weighted by Crippen LogP contribution is -2.27. The molecule has 330 valence electrons. The van der Waals surface area contributed by atoms with E-state index in [-0.39, 0.29) is 32.1 Å². The van der Waals surface area contributed by atoms with Gasteiger partial charge in [-0.2, -0.15) is 0 Å². The number of carbonyl (C=O) groups is 2. The highest BCUT2D eigenvalue weighted by Gasteiger charge is 2.23. The van der Waals surface area contributed by atoms with Crippen molar-refractivity contribution in [3.05, 3.63) is 134 Å². The number of rotatable bonds is 38. The van der Waals surface area contributed by atoms with Crippen LogP contribution in [-0.2, 0) is 27.9 Å². The first kappa shape index (κ1) is 55.2. The minimum atomic E-state index is -4.45. The average Bonchev–Trinajstić information content (AvgIpc) is 3.22. The number of hydrogen-bond donors (Lipinski definition) is 3. The molecule has 2 unspecified atom stereocenters. The van der Waals surface area contributed by atoms with Crippen LogP contribution in [0.2, 0.25) is 0 Å². The second kappa shape index (κ2) is 43.7. The van der Waals surface area contributed by atoms with Gasteiger partial charge in [-0.15, -0.1) is 0 Å². The molecule has 0 spiro atoms. The summed E-state index contributed by atoms with van der Waals surface area (Å²) in [5.41, 5.74) is 0. The first-order valence-electron chi connectivity index (χ1n) is 21.7. The molecule has 0 saturated carbocycles. The molecule has 9 nitrogen and oxygen atoms in total. The smallest absolute Gasteiger partial charge is 0.463 e. The maximum Gasteiger partial charge on any atom is 0.472 e. The van der Waals surface area contributed by atoms with Gasteiger partial charge in [-0.25, -0.2) is 4.57 Å². The van der Waals surface area contributed by atoms with Gasteiger partial charge in [0.25, 0.3) is 0 Å². The lowest BCUT2D eigenvalue weighted by molar-refractivity contribution is -0.147. The third-order valence-corrected chi connectivity index (χ3v) is 9.06. The minimum Gasteiger partial charge on any atom is -0.463 e. The van der Waals surface area contributed by atoms with Crippen LogP contribution in [0.1, 0.15) is 129 Å². The Morgan fingerprint density at radius 3 is 1.34 bits per heavy atom. The number of phosphoric acid groups is 1. The summed E-state index contributed by atoms with van der Waals surface area (Å²) in [6.07, 6.45) is 61.0. The number of aliphatic hydroxyl groups excluding tert-OH is 1. The molecule has 0 aliphatic heterocycles. The van der Waals surface area contributed by atoms with E-state index >= 15 is 0 Å². The monoisotopic (exact) mass is 838 g/mol. The Balaban J connectivity index is 3.79. The Morgan fingerprint density at radius 1 is 0.525 bits per heavy atom. The van der Waals surface area contributed by atoms with Gasteiger partial charge in [0, 0.05) is 19.4 Å². The maximum atomic E-state index is 12.1. The number of carbonyl (C=O) groups excluding carboxylic acids is 2. The van der Waals surface area contributed by atoms with E-state index in [0.717, 1.165) is 89.9 Å². The molecule has 0 aliphatic rings. The van der Waals surface area contributed by atoms with Crippen LogP contribution in [0.15, 0.2) is 134 Å². The van der Waals surface area contributed by atoms with Crippen LogP contribution in [0.25, 0.3) is 0 Å². The number of nitrogens with one attached hydrogen (secondary N) is 1. The van der Waals surface area contributed by atoms with Crippen molar-refractivity contribution in [1.82, 2.24) is 5.32 Å². The Hall–Kier alpha value is -3.85. The number of ether oxygens (including phenoxy) is 1. The molecule has 0 radical (unpaired) electrons. The molecule has 0 fully saturated rings. The van der Waals surface area contributed by atoms with E-state index in [4.69, 9.17) is 13.8 Å². The van der Waals surface area contributed by atoms with Crippen molar-refractivity contribution in [2.24, 2.45) is 0 Å². The maximum absolute atomic E-state index is 12.1. The number of hydrogen-bond acceptors (Lipinski definition) is 7.